The van der Waals surface area contributed by atoms with Gasteiger partial charge in [-0.2, -0.15) is 0 Å². The van der Waals surface area contributed by atoms with Gasteiger partial charge in [-0.05, 0) is 25.7 Å². The van der Waals surface area contributed by atoms with E-state index in [0.717, 1.165) is 38.5 Å². The molecule has 0 aliphatic carbocycles. The van der Waals surface area contributed by atoms with Gasteiger partial charge in [-0.1, -0.05) is 245 Å². The van der Waals surface area contributed by atoms with Crippen LogP contribution >= 0.6 is 0 Å². The molecular weight excluding hydrogens is 585 g/mol. The van der Waals surface area contributed by atoms with Crippen LogP contribution in [-0.2, 0) is 4.79 Å². The molecule has 0 saturated carbocycles. The second kappa shape index (κ2) is 42.8. The van der Waals surface area contributed by atoms with Crippen LogP contribution in [0, 0.1) is 0 Å². The average molecular weight is 677 g/mol. The van der Waals surface area contributed by atoms with E-state index in [1.165, 1.54) is 225 Å². The highest BCUT2D eigenvalue weighted by atomic mass is 16.3. The smallest absolute Gasteiger partial charge is 0.132 e. The molecule has 0 amide bonds. The van der Waals surface area contributed by atoms with Crippen molar-refractivity contribution in [3.8, 4) is 0 Å². The zero-order chi connectivity index (χ0) is 34.9. The molecule has 1 N–H and O–H groups in total. The summed E-state index contributed by atoms with van der Waals surface area (Å²) in [5, 5.41) is 10.3. The number of aliphatic hydroxyl groups excluding tert-OH is 1. The maximum absolute atomic E-state index is 12.3. The molecule has 288 valence electrons. The first-order valence-electron chi connectivity index (χ1n) is 22.9. The summed E-state index contributed by atoms with van der Waals surface area (Å²) in [4.78, 5) is 12.3. The lowest BCUT2D eigenvalue weighted by Gasteiger charge is -2.10. The monoisotopic (exact) mass is 677 g/mol. The minimum Gasteiger partial charge on any atom is -0.393 e. The Hall–Kier alpha value is -0.370. The lowest BCUT2D eigenvalue weighted by molar-refractivity contribution is -0.119. The molecule has 0 aromatic carbocycles. The number of carbonyl (C=O) groups excluding carboxylic acids is 1. The van der Waals surface area contributed by atoms with Gasteiger partial charge in [0.25, 0.3) is 0 Å². The fourth-order valence-corrected chi connectivity index (χ4v) is 7.49. The predicted octanol–water partition coefficient (Wildman–Crippen LogP) is 16.3. The van der Waals surface area contributed by atoms with Gasteiger partial charge in [-0.15, -0.1) is 0 Å². The van der Waals surface area contributed by atoms with Crippen LogP contribution in [0.2, 0.25) is 0 Å². The summed E-state index contributed by atoms with van der Waals surface area (Å²) in [6.07, 6.45) is 55.4. The third kappa shape index (κ3) is 41.8. The Kier molecular flexibility index (Phi) is 42.5. The SMILES string of the molecule is CCCCCCCCCCCCCCCCCCCCCC(O)CCCC(=O)CCCCCCCCCCCCCCCCCCCC. The normalized spacial score (nSPS) is 12.2. The molecule has 2 nitrogen and oxygen atoms in total. The van der Waals surface area contributed by atoms with Crippen molar-refractivity contribution in [3.05, 3.63) is 0 Å². The number of hydrogen-bond acceptors (Lipinski definition) is 2. The number of Topliss-reactive ketones (excluding diaryl/α,β-unsaturated/α-hetero) is 1. The first-order chi connectivity index (χ1) is 23.7. The second-order valence-corrected chi connectivity index (χ2v) is 16.0. The first-order valence-corrected chi connectivity index (χ1v) is 22.9. The van der Waals surface area contributed by atoms with E-state index in [1.54, 1.807) is 0 Å². The van der Waals surface area contributed by atoms with Crippen molar-refractivity contribution in [2.24, 2.45) is 0 Å². The molecule has 2 heteroatoms. The molecule has 0 spiro atoms. The standard InChI is InChI=1S/C46H92O2/c1-3-5-7-9-11-13-15-17-19-21-23-25-27-29-31-33-35-37-39-42-46(48)44-40-43-45(47)41-38-36-34-32-30-28-26-24-22-20-18-16-14-12-10-8-6-4-2/h46,48H,3-44H2,1-2H3. The van der Waals surface area contributed by atoms with E-state index < -0.39 is 0 Å². The summed E-state index contributed by atoms with van der Waals surface area (Å²) in [7, 11) is 0. The molecular formula is C46H92O2. The maximum Gasteiger partial charge on any atom is 0.132 e. The molecule has 0 aromatic heterocycles. The van der Waals surface area contributed by atoms with Crippen LogP contribution in [0.25, 0.3) is 0 Å². The van der Waals surface area contributed by atoms with Crippen LogP contribution in [0.1, 0.15) is 284 Å². The largest absolute Gasteiger partial charge is 0.393 e. The van der Waals surface area contributed by atoms with E-state index in [2.05, 4.69) is 13.8 Å². The van der Waals surface area contributed by atoms with E-state index >= 15 is 0 Å². The quantitative estimate of drug-likeness (QED) is 0.0653. The van der Waals surface area contributed by atoms with Gasteiger partial charge < -0.3 is 5.11 Å². The van der Waals surface area contributed by atoms with Crippen LogP contribution in [0.4, 0.5) is 0 Å². The van der Waals surface area contributed by atoms with E-state index in [9.17, 15) is 9.90 Å². The molecule has 0 bridgehead atoms. The minimum absolute atomic E-state index is 0.200. The summed E-state index contributed by atoms with van der Waals surface area (Å²) in [5.41, 5.74) is 0. The van der Waals surface area contributed by atoms with Gasteiger partial charge in [0.1, 0.15) is 5.78 Å². The highest BCUT2D eigenvalue weighted by Gasteiger charge is 2.07. The van der Waals surface area contributed by atoms with Gasteiger partial charge in [-0.25, -0.2) is 0 Å². The van der Waals surface area contributed by atoms with Crippen molar-refractivity contribution < 1.29 is 9.90 Å². The van der Waals surface area contributed by atoms with Crippen molar-refractivity contribution >= 4 is 5.78 Å². The van der Waals surface area contributed by atoms with Gasteiger partial charge in [-0.3, -0.25) is 4.79 Å². The number of carbonyl (C=O) groups is 1. The molecule has 0 aromatic rings. The maximum atomic E-state index is 12.3. The van der Waals surface area contributed by atoms with Crippen LogP contribution in [-0.4, -0.2) is 17.0 Å². The number of aliphatic hydroxyl groups is 1. The lowest BCUT2D eigenvalue weighted by atomic mass is 10.0. The first kappa shape index (κ1) is 47.6. The zero-order valence-corrected chi connectivity index (χ0v) is 33.6. The van der Waals surface area contributed by atoms with Crippen molar-refractivity contribution in [3.63, 3.8) is 0 Å². The van der Waals surface area contributed by atoms with Crippen molar-refractivity contribution in [1.29, 1.82) is 0 Å². The minimum atomic E-state index is -0.200. The average Bonchev–Trinajstić information content (AvgIpc) is 3.08. The summed E-state index contributed by atoms with van der Waals surface area (Å²) in [6.45, 7) is 4.59. The van der Waals surface area contributed by atoms with Crippen molar-refractivity contribution in [2.75, 3.05) is 0 Å². The number of rotatable bonds is 43. The highest BCUT2D eigenvalue weighted by molar-refractivity contribution is 5.78. The molecule has 1 atom stereocenters. The molecule has 0 rings (SSSR count). The topological polar surface area (TPSA) is 37.3 Å². The lowest BCUT2D eigenvalue weighted by Crippen LogP contribution is -2.07. The summed E-state index contributed by atoms with van der Waals surface area (Å²) in [6, 6.07) is 0. The van der Waals surface area contributed by atoms with Gasteiger partial charge in [0.15, 0.2) is 0 Å². The van der Waals surface area contributed by atoms with Gasteiger partial charge >= 0.3 is 0 Å². The van der Waals surface area contributed by atoms with Gasteiger partial charge in [0.05, 0.1) is 6.10 Å². The molecule has 1 unspecified atom stereocenters. The molecule has 0 saturated heterocycles. The zero-order valence-electron chi connectivity index (χ0n) is 33.6. The third-order valence-corrected chi connectivity index (χ3v) is 10.9. The summed E-state index contributed by atoms with van der Waals surface area (Å²) >= 11 is 0. The second-order valence-electron chi connectivity index (χ2n) is 16.0. The van der Waals surface area contributed by atoms with E-state index in [4.69, 9.17) is 0 Å². The van der Waals surface area contributed by atoms with Crippen LogP contribution in [0.3, 0.4) is 0 Å². The Balaban J connectivity index is 3.24. The van der Waals surface area contributed by atoms with E-state index in [1.807, 2.05) is 0 Å². The van der Waals surface area contributed by atoms with Gasteiger partial charge in [0, 0.05) is 12.8 Å². The fraction of sp³-hybridized carbons (Fsp3) is 0.978. The Morgan fingerprint density at radius 1 is 0.312 bits per heavy atom. The third-order valence-electron chi connectivity index (χ3n) is 10.9. The molecule has 0 aliphatic heterocycles. The Labute approximate surface area is 304 Å². The number of ketones is 1. The van der Waals surface area contributed by atoms with Crippen molar-refractivity contribution in [1.82, 2.24) is 0 Å². The summed E-state index contributed by atoms with van der Waals surface area (Å²) < 4.78 is 0. The van der Waals surface area contributed by atoms with E-state index in [-0.39, 0.29) is 6.10 Å². The molecule has 0 fully saturated rings. The summed E-state index contributed by atoms with van der Waals surface area (Å²) in [5.74, 6) is 0.419. The Morgan fingerprint density at radius 3 is 0.812 bits per heavy atom. The predicted molar refractivity (Wildman–Crippen MR) is 216 cm³/mol. The number of hydrogen-bond donors (Lipinski definition) is 1. The molecule has 0 heterocycles. The number of unbranched alkanes of at least 4 members (excludes halogenated alkanes) is 35. The fourth-order valence-electron chi connectivity index (χ4n) is 7.49. The van der Waals surface area contributed by atoms with E-state index in [0.29, 0.717) is 12.2 Å². The Morgan fingerprint density at radius 2 is 0.521 bits per heavy atom. The van der Waals surface area contributed by atoms with Crippen molar-refractivity contribution in [2.45, 2.75) is 290 Å². The molecule has 0 aliphatic rings. The Bertz CT molecular complexity index is 587. The van der Waals surface area contributed by atoms with Crippen LogP contribution in [0.15, 0.2) is 0 Å². The van der Waals surface area contributed by atoms with Crippen LogP contribution in [0.5, 0.6) is 0 Å². The highest BCUT2D eigenvalue weighted by Crippen LogP contribution is 2.18. The molecule has 0 radical (unpaired) electrons. The van der Waals surface area contributed by atoms with Crippen LogP contribution < -0.4 is 0 Å². The van der Waals surface area contributed by atoms with Gasteiger partial charge in [0.2, 0.25) is 0 Å². The molecule has 48 heavy (non-hydrogen) atoms.